The first-order valence-corrected chi connectivity index (χ1v) is 4.89. The third-order valence-corrected chi connectivity index (χ3v) is 3.07. The molecular weight excluding hydrogens is 198 g/mol. The number of ether oxygens (including phenoxy) is 1. The highest BCUT2D eigenvalue weighted by atomic mass is 16.5. The van der Waals surface area contributed by atoms with Crippen LogP contribution in [-0.2, 0) is 9.53 Å². The molecular formula is C10H13NO4. The van der Waals surface area contributed by atoms with E-state index in [1.807, 2.05) is 6.08 Å². The van der Waals surface area contributed by atoms with Crippen molar-refractivity contribution in [3.8, 4) is 0 Å². The smallest absolute Gasteiger partial charge is 0.410 e. The monoisotopic (exact) mass is 211 g/mol. The number of hydrogen-bond acceptors (Lipinski definition) is 3. The fourth-order valence-electron chi connectivity index (χ4n) is 2.34. The summed E-state index contributed by atoms with van der Waals surface area (Å²) in [6.07, 6.45) is 3.96. The highest BCUT2D eigenvalue weighted by Crippen LogP contribution is 2.34. The molecule has 1 saturated heterocycles. The minimum Gasteiger partial charge on any atom is -0.481 e. The molecule has 0 unspecified atom stereocenters. The Morgan fingerprint density at radius 3 is 2.73 bits per heavy atom. The Balaban J connectivity index is 2.21. The van der Waals surface area contributed by atoms with E-state index in [2.05, 4.69) is 4.74 Å². The predicted octanol–water partition coefficient (Wildman–Crippen LogP) is 0.714. The highest BCUT2D eigenvalue weighted by Gasteiger charge is 2.43. The molecule has 3 atom stereocenters. The van der Waals surface area contributed by atoms with Crippen molar-refractivity contribution in [1.82, 2.24) is 4.90 Å². The molecule has 0 aromatic rings. The van der Waals surface area contributed by atoms with E-state index in [0.29, 0.717) is 13.0 Å². The number of fused-ring (bicyclic) bond motifs is 2. The van der Waals surface area contributed by atoms with Crippen LogP contribution in [0.15, 0.2) is 12.2 Å². The van der Waals surface area contributed by atoms with Crippen molar-refractivity contribution in [2.24, 2.45) is 11.8 Å². The second-order valence-electron chi connectivity index (χ2n) is 3.94. The maximum atomic E-state index is 11.4. The summed E-state index contributed by atoms with van der Waals surface area (Å²) in [6.45, 7) is 0.567. The summed E-state index contributed by atoms with van der Waals surface area (Å²) in [6, 6.07) is -0.347. The molecule has 5 nitrogen and oxygen atoms in total. The van der Waals surface area contributed by atoms with Gasteiger partial charge < -0.3 is 14.7 Å². The molecule has 3 rings (SSSR count). The molecule has 15 heavy (non-hydrogen) atoms. The van der Waals surface area contributed by atoms with Crippen LogP contribution in [0.25, 0.3) is 0 Å². The Morgan fingerprint density at radius 2 is 2.20 bits per heavy atom. The first-order chi connectivity index (χ1) is 7.13. The van der Waals surface area contributed by atoms with Crippen LogP contribution in [0.2, 0.25) is 0 Å². The van der Waals surface area contributed by atoms with E-state index in [0.717, 1.165) is 0 Å². The Hall–Kier alpha value is -1.52. The summed E-state index contributed by atoms with van der Waals surface area (Å²) in [7, 11) is 1.31. The van der Waals surface area contributed by atoms with Crippen molar-refractivity contribution in [1.29, 1.82) is 0 Å². The molecule has 1 fully saturated rings. The molecule has 1 aliphatic carbocycles. The summed E-state index contributed by atoms with van der Waals surface area (Å²) in [5, 5.41) is 9.02. The summed E-state index contributed by atoms with van der Waals surface area (Å²) < 4.78 is 4.63. The summed E-state index contributed by atoms with van der Waals surface area (Å²) >= 11 is 0. The number of methoxy groups -OCH3 is 1. The van der Waals surface area contributed by atoms with Crippen LogP contribution in [0, 0.1) is 11.8 Å². The molecule has 2 bridgehead atoms. The molecule has 3 aliphatic rings. The minimum absolute atomic E-state index is 0.148. The van der Waals surface area contributed by atoms with Gasteiger partial charge in [0.1, 0.15) is 0 Å². The van der Waals surface area contributed by atoms with Gasteiger partial charge in [0.15, 0.2) is 0 Å². The molecule has 0 saturated carbocycles. The number of rotatable bonds is 1. The number of amides is 1. The molecule has 1 N–H and O–H groups in total. The zero-order valence-corrected chi connectivity index (χ0v) is 8.42. The van der Waals surface area contributed by atoms with Crippen LogP contribution in [0.1, 0.15) is 6.42 Å². The van der Waals surface area contributed by atoms with Gasteiger partial charge in [-0.3, -0.25) is 4.79 Å². The van der Waals surface area contributed by atoms with Gasteiger partial charge in [-0.05, 0) is 12.3 Å². The standard InChI is InChI=1S/C10H13NO4/c1-15-10(14)11-5-6-2-3-8(11)7(4-6)9(12)13/h2-3,6-8H,4-5H2,1H3,(H,12,13)/t6-,7+,8-/m0/s1. The topological polar surface area (TPSA) is 66.8 Å². The second-order valence-corrected chi connectivity index (χ2v) is 3.94. The first-order valence-electron chi connectivity index (χ1n) is 4.89. The quantitative estimate of drug-likeness (QED) is 0.649. The largest absolute Gasteiger partial charge is 0.481 e. The van der Waals surface area contributed by atoms with Crippen molar-refractivity contribution in [2.45, 2.75) is 12.5 Å². The molecule has 5 heteroatoms. The summed E-state index contributed by atoms with van der Waals surface area (Å²) in [4.78, 5) is 23.9. The lowest BCUT2D eigenvalue weighted by atomic mass is 9.78. The number of carboxylic acids is 1. The van der Waals surface area contributed by atoms with Gasteiger partial charge in [0.2, 0.25) is 0 Å². The maximum absolute atomic E-state index is 11.4. The second kappa shape index (κ2) is 3.56. The van der Waals surface area contributed by atoms with Crippen LogP contribution in [0.5, 0.6) is 0 Å². The SMILES string of the molecule is COC(=O)N1C[C@H]2C=C[C@H]1[C@H](C(=O)O)C2. The van der Waals surface area contributed by atoms with E-state index in [9.17, 15) is 9.59 Å². The Kier molecular flexibility index (Phi) is 2.38. The van der Waals surface area contributed by atoms with Crippen LogP contribution in [0.3, 0.4) is 0 Å². The van der Waals surface area contributed by atoms with Crippen LogP contribution in [-0.4, -0.2) is 41.8 Å². The van der Waals surface area contributed by atoms with Crippen molar-refractivity contribution in [2.75, 3.05) is 13.7 Å². The van der Waals surface area contributed by atoms with E-state index in [-0.39, 0.29) is 12.0 Å². The van der Waals surface area contributed by atoms with E-state index < -0.39 is 18.0 Å². The molecule has 0 spiro atoms. The van der Waals surface area contributed by atoms with E-state index >= 15 is 0 Å². The number of piperidine rings is 1. The van der Waals surface area contributed by atoms with E-state index in [1.54, 1.807) is 6.08 Å². The number of carboxylic acid groups (broad SMARTS) is 1. The maximum Gasteiger partial charge on any atom is 0.410 e. The predicted molar refractivity (Wildman–Crippen MR) is 51.3 cm³/mol. The third-order valence-electron chi connectivity index (χ3n) is 3.07. The zero-order valence-electron chi connectivity index (χ0n) is 8.42. The molecule has 2 aliphatic heterocycles. The van der Waals surface area contributed by atoms with Crippen molar-refractivity contribution < 1.29 is 19.4 Å². The van der Waals surface area contributed by atoms with Gasteiger partial charge in [0, 0.05) is 6.54 Å². The average Bonchev–Trinajstić information content (AvgIpc) is 2.28. The number of hydrogen-bond donors (Lipinski definition) is 1. The van der Waals surface area contributed by atoms with Crippen LogP contribution >= 0.6 is 0 Å². The molecule has 82 valence electrons. The van der Waals surface area contributed by atoms with Crippen molar-refractivity contribution >= 4 is 12.1 Å². The molecule has 2 heterocycles. The molecule has 0 aromatic carbocycles. The Bertz CT molecular complexity index is 325. The molecule has 0 radical (unpaired) electrons. The fourth-order valence-corrected chi connectivity index (χ4v) is 2.34. The Morgan fingerprint density at radius 1 is 1.47 bits per heavy atom. The summed E-state index contributed by atoms with van der Waals surface area (Å²) in [5.74, 6) is -1.19. The lowest BCUT2D eigenvalue weighted by molar-refractivity contribution is -0.145. The Labute approximate surface area is 87.3 Å². The van der Waals surface area contributed by atoms with Crippen molar-refractivity contribution in [3.05, 3.63) is 12.2 Å². The highest BCUT2D eigenvalue weighted by molar-refractivity contribution is 5.75. The minimum atomic E-state index is -0.844. The normalized spacial score (nSPS) is 32.9. The molecule has 1 amide bonds. The van der Waals surface area contributed by atoms with Gasteiger partial charge in [-0.2, -0.15) is 0 Å². The van der Waals surface area contributed by atoms with Gasteiger partial charge in [0.25, 0.3) is 0 Å². The number of carbonyl (C=O) groups is 2. The van der Waals surface area contributed by atoms with Gasteiger partial charge in [-0.15, -0.1) is 0 Å². The van der Waals surface area contributed by atoms with Crippen LogP contribution < -0.4 is 0 Å². The lowest BCUT2D eigenvalue weighted by Gasteiger charge is -2.43. The zero-order chi connectivity index (χ0) is 11.0. The van der Waals surface area contributed by atoms with Crippen molar-refractivity contribution in [3.63, 3.8) is 0 Å². The lowest BCUT2D eigenvalue weighted by Crippen LogP contribution is -2.54. The third kappa shape index (κ3) is 1.58. The number of aliphatic carboxylic acids is 1. The van der Waals surface area contributed by atoms with E-state index in [1.165, 1.54) is 12.0 Å². The van der Waals surface area contributed by atoms with Gasteiger partial charge in [-0.25, -0.2) is 4.79 Å². The average molecular weight is 211 g/mol. The van der Waals surface area contributed by atoms with Gasteiger partial charge in [-0.1, -0.05) is 12.2 Å². The van der Waals surface area contributed by atoms with Gasteiger partial charge >= 0.3 is 12.1 Å². The van der Waals surface area contributed by atoms with Crippen LogP contribution in [0.4, 0.5) is 4.79 Å². The van der Waals surface area contributed by atoms with Gasteiger partial charge in [0.05, 0.1) is 19.1 Å². The number of carbonyl (C=O) groups excluding carboxylic acids is 1. The first kappa shape index (κ1) is 10.0. The number of nitrogens with zero attached hydrogens (tertiary/aromatic N) is 1. The fraction of sp³-hybridized carbons (Fsp3) is 0.600. The summed E-state index contributed by atoms with van der Waals surface area (Å²) in [5.41, 5.74) is 0. The van der Waals surface area contributed by atoms with E-state index in [4.69, 9.17) is 5.11 Å². The molecule has 0 aromatic heterocycles.